The Labute approximate surface area is 176 Å². The van der Waals surface area contributed by atoms with Crippen molar-refractivity contribution >= 4 is 12.1 Å². The number of rotatable bonds is 9. The first-order valence-electron chi connectivity index (χ1n) is 10.5. The maximum Gasteiger partial charge on any atom is 0.410 e. The highest BCUT2D eigenvalue weighted by molar-refractivity contribution is 5.79. The maximum absolute atomic E-state index is 12.3. The molecular formula is C21H40N6O2. The van der Waals surface area contributed by atoms with Crippen LogP contribution >= 0.6 is 0 Å². The number of nitrogens with zero attached hydrogens (tertiary/aromatic N) is 4. The maximum atomic E-state index is 12.3. The largest absolute Gasteiger partial charge is 0.444 e. The zero-order valence-corrected chi connectivity index (χ0v) is 19.5. The van der Waals surface area contributed by atoms with Crippen LogP contribution in [0.5, 0.6) is 0 Å². The summed E-state index contributed by atoms with van der Waals surface area (Å²) < 4.78 is 7.53. The smallest absolute Gasteiger partial charge is 0.410 e. The molecule has 8 nitrogen and oxygen atoms in total. The van der Waals surface area contributed by atoms with E-state index >= 15 is 0 Å². The third kappa shape index (κ3) is 9.67. The Morgan fingerprint density at radius 2 is 1.86 bits per heavy atom. The number of hydrogen-bond donors (Lipinski definition) is 2. The van der Waals surface area contributed by atoms with Crippen molar-refractivity contribution in [3.63, 3.8) is 0 Å². The second-order valence-electron chi connectivity index (χ2n) is 8.55. The number of ether oxygens (including phenoxy) is 1. The van der Waals surface area contributed by atoms with Gasteiger partial charge in [-0.3, -0.25) is 9.67 Å². The molecule has 2 N–H and O–H groups in total. The Balaban J connectivity index is 2.31. The van der Waals surface area contributed by atoms with E-state index in [1.165, 1.54) is 5.69 Å². The predicted molar refractivity (Wildman–Crippen MR) is 118 cm³/mol. The number of aromatic nitrogens is 2. The monoisotopic (exact) mass is 408 g/mol. The number of carbonyl (C=O) groups is 1. The molecule has 0 spiro atoms. The summed E-state index contributed by atoms with van der Waals surface area (Å²) in [5.41, 5.74) is 1.75. The third-order valence-corrected chi connectivity index (χ3v) is 4.29. The Morgan fingerprint density at radius 1 is 1.24 bits per heavy atom. The second-order valence-corrected chi connectivity index (χ2v) is 8.55. The van der Waals surface area contributed by atoms with Gasteiger partial charge in [0.1, 0.15) is 5.60 Å². The molecule has 166 valence electrons. The van der Waals surface area contributed by atoms with Crippen molar-refractivity contribution in [3.8, 4) is 0 Å². The summed E-state index contributed by atoms with van der Waals surface area (Å²) in [4.78, 5) is 18.4. The molecule has 0 fully saturated rings. The molecule has 1 aromatic rings. The van der Waals surface area contributed by atoms with Crippen LogP contribution in [0.2, 0.25) is 0 Å². The highest BCUT2D eigenvalue weighted by Crippen LogP contribution is 2.12. The first kappa shape index (κ1) is 24.8. The van der Waals surface area contributed by atoms with Crippen LogP contribution in [0.1, 0.15) is 58.8 Å². The van der Waals surface area contributed by atoms with Gasteiger partial charge in [0.2, 0.25) is 0 Å². The zero-order valence-electron chi connectivity index (χ0n) is 19.5. The average Bonchev–Trinajstić information content (AvgIpc) is 2.91. The van der Waals surface area contributed by atoms with Crippen LogP contribution in [0, 0.1) is 13.8 Å². The average molecular weight is 409 g/mol. The summed E-state index contributed by atoms with van der Waals surface area (Å²) >= 11 is 0. The predicted octanol–water partition coefficient (Wildman–Crippen LogP) is 3.09. The highest BCUT2D eigenvalue weighted by atomic mass is 16.6. The standard InChI is InChI=1S/C21H40N6O2/c1-16(2)26(20(28)29-21(5,6)7)13-9-11-23-19(22-8)24-12-10-14-27-18(4)15-17(3)25-27/h15-16H,9-14H2,1-8H3,(H2,22,23,24). The minimum atomic E-state index is -0.484. The fourth-order valence-corrected chi connectivity index (χ4v) is 2.89. The van der Waals surface area contributed by atoms with E-state index < -0.39 is 5.60 Å². The molecule has 1 rings (SSSR count). The summed E-state index contributed by atoms with van der Waals surface area (Å²) in [6.45, 7) is 16.8. The lowest BCUT2D eigenvalue weighted by atomic mass is 10.2. The fourth-order valence-electron chi connectivity index (χ4n) is 2.89. The van der Waals surface area contributed by atoms with Gasteiger partial charge in [-0.1, -0.05) is 0 Å². The van der Waals surface area contributed by atoms with Crippen molar-refractivity contribution in [2.75, 3.05) is 26.7 Å². The highest BCUT2D eigenvalue weighted by Gasteiger charge is 2.23. The molecule has 1 amide bonds. The summed E-state index contributed by atoms with van der Waals surface area (Å²) in [5, 5.41) is 11.1. The van der Waals surface area contributed by atoms with Gasteiger partial charge < -0.3 is 20.3 Å². The zero-order chi connectivity index (χ0) is 22.0. The summed E-state index contributed by atoms with van der Waals surface area (Å²) in [6, 6.07) is 2.18. The van der Waals surface area contributed by atoms with Gasteiger partial charge in [0.05, 0.1) is 5.69 Å². The summed E-state index contributed by atoms with van der Waals surface area (Å²) in [7, 11) is 1.76. The Hall–Kier alpha value is -2.25. The van der Waals surface area contributed by atoms with E-state index in [1.807, 2.05) is 46.2 Å². The first-order chi connectivity index (χ1) is 13.5. The van der Waals surface area contributed by atoms with E-state index in [0.717, 1.165) is 44.1 Å². The number of amides is 1. The van der Waals surface area contributed by atoms with E-state index in [-0.39, 0.29) is 12.1 Å². The van der Waals surface area contributed by atoms with Crippen LogP contribution in [-0.4, -0.2) is 65.1 Å². The van der Waals surface area contributed by atoms with Gasteiger partial charge in [0, 0.05) is 45.0 Å². The molecule has 0 aromatic carbocycles. The Morgan fingerprint density at radius 3 is 2.34 bits per heavy atom. The van der Waals surface area contributed by atoms with E-state index in [1.54, 1.807) is 11.9 Å². The molecule has 0 saturated carbocycles. The number of hydrogen-bond acceptors (Lipinski definition) is 4. The lowest BCUT2D eigenvalue weighted by molar-refractivity contribution is 0.0190. The minimum absolute atomic E-state index is 0.0941. The molecular weight excluding hydrogens is 368 g/mol. The van der Waals surface area contributed by atoms with Crippen molar-refractivity contribution < 1.29 is 9.53 Å². The van der Waals surface area contributed by atoms with E-state index in [4.69, 9.17) is 4.74 Å². The molecule has 0 radical (unpaired) electrons. The minimum Gasteiger partial charge on any atom is -0.444 e. The van der Waals surface area contributed by atoms with Crippen LogP contribution in [0.15, 0.2) is 11.1 Å². The SMILES string of the molecule is CN=C(NCCCN(C(=O)OC(C)(C)C)C(C)C)NCCCn1nc(C)cc1C. The molecule has 1 heterocycles. The van der Waals surface area contributed by atoms with E-state index in [2.05, 4.69) is 33.7 Å². The molecule has 0 atom stereocenters. The molecule has 0 bridgehead atoms. The molecule has 0 aliphatic carbocycles. The number of carbonyl (C=O) groups excluding carboxylic acids is 1. The van der Waals surface area contributed by atoms with Gasteiger partial charge in [-0.2, -0.15) is 5.10 Å². The summed E-state index contributed by atoms with van der Waals surface area (Å²) in [5.74, 6) is 0.770. The quantitative estimate of drug-likeness (QED) is 0.373. The fraction of sp³-hybridized carbons (Fsp3) is 0.762. The summed E-state index contributed by atoms with van der Waals surface area (Å²) in [6.07, 6.45) is 1.51. The van der Waals surface area contributed by atoms with Gasteiger partial charge in [-0.15, -0.1) is 0 Å². The van der Waals surface area contributed by atoms with Crippen molar-refractivity contribution in [1.29, 1.82) is 0 Å². The molecule has 0 saturated heterocycles. The van der Waals surface area contributed by atoms with Gasteiger partial charge in [-0.25, -0.2) is 4.79 Å². The van der Waals surface area contributed by atoms with Crippen LogP contribution in [0.3, 0.4) is 0 Å². The number of aryl methyl sites for hydroxylation is 3. The number of guanidine groups is 1. The van der Waals surface area contributed by atoms with Crippen molar-refractivity contribution in [2.24, 2.45) is 4.99 Å². The Bertz CT molecular complexity index is 661. The van der Waals surface area contributed by atoms with Crippen LogP contribution in [-0.2, 0) is 11.3 Å². The van der Waals surface area contributed by atoms with Crippen molar-refractivity contribution in [1.82, 2.24) is 25.3 Å². The van der Waals surface area contributed by atoms with Crippen LogP contribution in [0.25, 0.3) is 0 Å². The molecule has 0 aliphatic rings. The second kappa shape index (κ2) is 11.7. The molecule has 0 unspecified atom stereocenters. The lowest BCUT2D eigenvalue weighted by Crippen LogP contribution is -2.43. The number of nitrogens with one attached hydrogen (secondary N) is 2. The van der Waals surface area contributed by atoms with Crippen LogP contribution in [0.4, 0.5) is 4.79 Å². The van der Waals surface area contributed by atoms with Gasteiger partial charge >= 0.3 is 6.09 Å². The van der Waals surface area contributed by atoms with Crippen molar-refractivity contribution in [3.05, 3.63) is 17.5 Å². The molecule has 0 aliphatic heterocycles. The molecule has 29 heavy (non-hydrogen) atoms. The van der Waals surface area contributed by atoms with Gasteiger partial charge in [0.15, 0.2) is 5.96 Å². The molecule has 1 aromatic heterocycles. The third-order valence-electron chi connectivity index (χ3n) is 4.29. The Kier molecular flexibility index (Phi) is 9.98. The normalized spacial score (nSPS) is 12.2. The van der Waals surface area contributed by atoms with E-state index in [9.17, 15) is 4.79 Å². The number of aliphatic imine (C=N–C) groups is 1. The first-order valence-corrected chi connectivity index (χ1v) is 10.5. The van der Waals surface area contributed by atoms with Crippen molar-refractivity contribution in [2.45, 2.75) is 79.5 Å². The van der Waals surface area contributed by atoms with E-state index in [0.29, 0.717) is 6.54 Å². The lowest BCUT2D eigenvalue weighted by Gasteiger charge is -2.30. The topological polar surface area (TPSA) is 83.8 Å². The van der Waals surface area contributed by atoms with Crippen LogP contribution < -0.4 is 10.6 Å². The van der Waals surface area contributed by atoms with Gasteiger partial charge in [0.25, 0.3) is 0 Å². The molecule has 8 heteroatoms. The van der Waals surface area contributed by atoms with Gasteiger partial charge in [-0.05, 0) is 67.4 Å².